The summed E-state index contributed by atoms with van der Waals surface area (Å²) in [5.41, 5.74) is 1.91. The molecule has 0 aromatic heterocycles. The molecule has 1 N–H and O–H groups in total. The van der Waals surface area contributed by atoms with E-state index in [0.717, 1.165) is 16.0 Å². The lowest BCUT2D eigenvalue weighted by Crippen LogP contribution is -2.56. The maximum atomic E-state index is 14.4. The topological polar surface area (TPSA) is 77.9 Å². The fourth-order valence-electron chi connectivity index (χ4n) is 3.15. The molecule has 6 nitrogen and oxygen atoms in total. The van der Waals surface area contributed by atoms with Crippen LogP contribution in [0.1, 0.15) is 22.7 Å². The number of carbonyl (C=O) groups excluding carboxylic acids is 2. The maximum Gasteiger partial charge on any atom is 0.323 e. The van der Waals surface area contributed by atoms with Crippen molar-refractivity contribution >= 4 is 17.8 Å². The first-order chi connectivity index (χ1) is 12.9. The van der Waals surface area contributed by atoms with Crippen LogP contribution in [0, 0.1) is 12.7 Å². The van der Waals surface area contributed by atoms with Crippen LogP contribution in [0.3, 0.4) is 0 Å². The molecule has 2 amide bonds. The number of halogens is 1. The van der Waals surface area contributed by atoms with Crippen LogP contribution in [0.15, 0.2) is 48.5 Å². The Balaban J connectivity index is 1.99. The van der Waals surface area contributed by atoms with Gasteiger partial charge in [-0.2, -0.15) is 0 Å². The summed E-state index contributed by atoms with van der Waals surface area (Å²) >= 11 is 0. The fourth-order valence-corrected chi connectivity index (χ4v) is 3.15. The van der Waals surface area contributed by atoms with Gasteiger partial charge in [0.2, 0.25) is 5.91 Å². The first kappa shape index (κ1) is 18.6. The van der Waals surface area contributed by atoms with Gasteiger partial charge in [0.05, 0.1) is 0 Å². The van der Waals surface area contributed by atoms with E-state index in [2.05, 4.69) is 0 Å². The minimum Gasteiger partial charge on any atom is -0.480 e. The third-order valence-corrected chi connectivity index (χ3v) is 4.50. The molecule has 3 rings (SSSR count). The van der Waals surface area contributed by atoms with E-state index in [4.69, 9.17) is 5.11 Å². The molecule has 0 unspecified atom stereocenters. The molecule has 7 heteroatoms. The van der Waals surface area contributed by atoms with Crippen LogP contribution in [0.2, 0.25) is 0 Å². The molecule has 1 aliphatic heterocycles. The SMILES string of the molecule is Cc1ccc(CN2C(=O)CN(CC(=O)O)C(=O)[C@H]2c2ccccc2F)cc1. The Morgan fingerprint density at radius 3 is 2.44 bits per heavy atom. The van der Waals surface area contributed by atoms with Crippen molar-refractivity contribution in [3.05, 3.63) is 71.0 Å². The largest absolute Gasteiger partial charge is 0.480 e. The van der Waals surface area contributed by atoms with Crippen LogP contribution in [0.5, 0.6) is 0 Å². The lowest BCUT2D eigenvalue weighted by atomic mass is 9.99. The number of carboxylic acid groups (broad SMARTS) is 1. The predicted molar refractivity (Wildman–Crippen MR) is 95.1 cm³/mol. The van der Waals surface area contributed by atoms with E-state index in [1.54, 1.807) is 6.07 Å². The fraction of sp³-hybridized carbons (Fsp3) is 0.250. The van der Waals surface area contributed by atoms with Gasteiger partial charge in [-0.05, 0) is 18.6 Å². The molecule has 2 aromatic carbocycles. The zero-order valence-corrected chi connectivity index (χ0v) is 14.8. The molecule has 2 aromatic rings. The second kappa shape index (κ2) is 7.57. The normalized spacial score (nSPS) is 17.3. The Labute approximate surface area is 155 Å². The Morgan fingerprint density at radius 2 is 1.81 bits per heavy atom. The first-order valence-corrected chi connectivity index (χ1v) is 8.47. The first-order valence-electron chi connectivity index (χ1n) is 8.47. The summed E-state index contributed by atoms with van der Waals surface area (Å²) in [4.78, 5) is 38.9. The van der Waals surface area contributed by atoms with Gasteiger partial charge in [-0.3, -0.25) is 14.4 Å². The summed E-state index contributed by atoms with van der Waals surface area (Å²) in [6.45, 7) is 1.12. The smallest absolute Gasteiger partial charge is 0.323 e. The zero-order chi connectivity index (χ0) is 19.6. The summed E-state index contributed by atoms with van der Waals surface area (Å²) in [6, 6.07) is 12.0. The number of hydrogen-bond acceptors (Lipinski definition) is 3. The van der Waals surface area contributed by atoms with Crippen molar-refractivity contribution in [1.82, 2.24) is 9.80 Å². The quantitative estimate of drug-likeness (QED) is 0.875. The van der Waals surface area contributed by atoms with Gasteiger partial charge < -0.3 is 14.9 Å². The van der Waals surface area contributed by atoms with Gasteiger partial charge in [0, 0.05) is 12.1 Å². The third-order valence-electron chi connectivity index (χ3n) is 4.50. The van der Waals surface area contributed by atoms with Gasteiger partial charge >= 0.3 is 5.97 Å². The number of rotatable bonds is 5. The lowest BCUT2D eigenvalue weighted by Gasteiger charge is -2.40. The van der Waals surface area contributed by atoms with Gasteiger partial charge in [-0.1, -0.05) is 48.0 Å². The summed E-state index contributed by atoms with van der Waals surface area (Å²) in [7, 11) is 0. The minimum absolute atomic E-state index is 0.0538. The third kappa shape index (κ3) is 3.97. The number of amides is 2. The molecule has 1 atom stereocenters. The molecular weight excluding hydrogens is 351 g/mol. The van der Waals surface area contributed by atoms with Crippen molar-refractivity contribution < 1.29 is 23.9 Å². The molecule has 1 fully saturated rings. The molecule has 0 saturated carbocycles. The van der Waals surface area contributed by atoms with Crippen molar-refractivity contribution in [3.63, 3.8) is 0 Å². The van der Waals surface area contributed by atoms with E-state index < -0.39 is 36.2 Å². The van der Waals surface area contributed by atoms with Crippen molar-refractivity contribution in [1.29, 1.82) is 0 Å². The second-order valence-electron chi connectivity index (χ2n) is 6.52. The van der Waals surface area contributed by atoms with Gasteiger partial charge in [-0.25, -0.2) is 4.39 Å². The van der Waals surface area contributed by atoms with Gasteiger partial charge in [0.25, 0.3) is 5.91 Å². The van der Waals surface area contributed by atoms with Gasteiger partial charge in [-0.15, -0.1) is 0 Å². The number of aryl methyl sites for hydroxylation is 1. The van der Waals surface area contributed by atoms with E-state index in [1.807, 2.05) is 31.2 Å². The molecule has 0 spiro atoms. The Hall–Kier alpha value is -3.22. The number of carboxylic acids is 1. The molecule has 0 radical (unpaired) electrons. The van der Waals surface area contributed by atoms with E-state index in [9.17, 15) is 18.8 Å². The number of aliphatic carboxylic acids is 1. The van der Waals surface area contributed by atoms with E-state index in [1.165, 1.54) is 23.1 Å². The van der Waals surface area contributed by atoms with Crippen LogP contribution < -0.4 is 0 Å². The minimum atomic E-state index is -1.23. The maximum absolute atomic E-state index is 14.4. The monoisotopic (exact) mass is 370 g/mol. The van der Waals surface area contributed by atoms with Crippen LogP contribution in [0.4, 0.5) is 4.39 Å². The van der Waals surface area contributed by atoms with Crippen molar-refractivity contribution in [2.75, 3.05) is 13.1 Å². The van der Waals surface area contributed by atoms with Gasteiger partial charge in [0.1, 0.15) is 24.9 Å². The molecule has 140 valence electrons. The summed E-state index contributed by atoms with van der Waals surface area (Å²) < 4.78 is 14.4. The average Bonchev–Trinajstić information content (AvgIpc) is 2.62. The predicted octanol–water partition coefficient (Wildman–Crippen LogP) is 2.13. The number of piperazine rings is 1. The van der Waals surface area contributed by atoms with Crippen molar-refractivity contribution in [2.45, 2.75) is 19.5 Å². The van der Waals surface area contributed by atoms with Gasteiger partial charge in [0.15, 0.2) is 0 Å². The zero-order valence-electron chi connectivity index (χ0n) is 14.8. The number of hydrogen-bond donors (Lipinski definition) is 1. The van der Waals surface area contributed by atoms with Crippen LogP contribution >= 0.6 is 0 Å². The van der Waals surface area contributed by atoms with E-state index in [-0.39, 0.29) is 18.7 Å². The molecule has 0 aliphatic carbocycles. The summed E-state index contributed by atoms with van der Waals surface area (Å²) in [6.07, 6.45) is 0. The standard InChI is InChI=1S/C20H19FN2O4/c1-13-6-8-14(9-7-13)10-23-17(24)11-22(12-18(25)26)20(27)19(23)15-4-2-3-5-16(15)21/h2-9,19H,10-12H2,1H3,(H,25,26)/t19-/m1/s1. The Kier molecular flexibility index (Phi) is 5.21. The van der Waals surface area contributed by atoms with Crippen molar-refractivity contribution in [2.24, 2.45) is 0 Å². The van der Waals surface area contributed by atoms with E-state index >= 15 is 0 Å². The Bertz CT molecular complexity index is 882. The molecule has 27 heavy (non-hydrogen) atoms. The van der Waals surface area contributed by atoms with Crippen LogP contribution in [-0.2, 0) is 20.9 Å². The lowest BCUT2D eigenvalue weighted by molar-refractivity contribution is -0.160. The summed E-state index contributed by atoms with van der Waals surface area (Å²) in [5, 5.41) is 9.02. The highest BCUT2D eigenvalue weighted by Crippen LogP contribution is 2.30. The average molecular weight is 370 g/mol. The number of carbonyl (C=O) groups is 3. The van der Waals surface area contributed by atoms with Crippen molar-refractivity contribution in [3.8, 4) is 0 Å². The van der Waals surface area contributed by atoms with Crippen LogP contribution in [0.25, 0.3) is 0 Å². The molecule has 1 saturated heterocycles. The highest BCUT2D eigenvalue weighted by molar-refractivity contribution is 5.97. The molecular formula is C20H19FN2O4. The van der Waals surface area contributed by atoms with E-state index in [0.29, 0.717) is 0 Å². The molecule has 1 heterocycles. The summed E-state index contributed by atoms with van der Waals surface area (Å²) in [5.74, 6) is -2.87. The number of nitrogens with zero attached hydrogens (tertiary/aromatic N) is 2. The number of benzene rings is 2. The van der Waals surface area contributed by atoms with Crippen LogP contribution in [-0.4, -0.2) is 45.8 Å². The highest BCUT2D eigenvalue weighted by Gasteiger charge is 2.41. The Morgan fingerprint density at radius 1 is 1.15 bits per heavy atom. The second-order valence-corrected chi connectivity index (χ2v) is 6.52. The molecule has 1 aliphatic rings. The molecule has 0 bridgehead atoms. The highest BCUT2D eigenvalue weighted by atomic mass is 19.1.